The summed E-state index contributed by atoms with van der Waals surface area (Å²) >= 11 is 0. The van der Waals surface area contributed by atoms with Crippen LogP contribution in [0.3, 0.4) is 0 Å². The SMILES string of the molecule is CCc1nccn1CCN1CCC(n2nc(C)cc2C)C1. The van der Waals surface area contributed by atoms with Crippen molar-refractivity contribution in [2.45, 2.75) is 46.2 Å². The van der Waals surface area contributed by atoms with Crippen LogP contribution < -0.4 is 0 Å². The van der Waals surface area contributed by atoms with Crippen LogP contribution in [0.2, 0.25) is 0 Å². The summed E-state index contributed by atoms with van der Waals surface area (Å²) in [5.74, 6) is 1.18. The molecule has 1 saturated heterocycles. The zero-order chi connectivity index (χ0) is 14.8. The number of rotatable bonds is 5. The average Bonchev–Trinajstić information content (AvgIpc) is 3.16. The van der Waals surface area contributed by atoms with Crippen LogP contribution in [0.15, 0.2) is 18.5 Å². The van der Waals surface area contributed by atoms with E-state index >= 15 is 0 Å². The van der Waals surface area contributed by atoms with Gasteiger partial charge in [0.1, 0.15) is 5.82 Å². The predicted molar refractivity (Wildman–Crippen MR) is 83.4 cm³/mol. The molecule has 1 unspecified atom stereocenters. The van der Waals surface area contributed by atoms with E-state index in [2.05, 4.69) is 57.3 Å². The van der Waals surface area contributed by atoms with Gasteiger partial charge in [-0.3, -0.25) is 9.58 Å². The number of aryl methyl sites for hydroxylation is 3. The summed E-state index contributed by atoms with van der Waals surface area (Å²) in [6, 6.07) is 2.70. The van der Waals surface area contributed by atoms with E-state index in [1.54, 1.807) is 0 Å². The summed E-state index contributed by atoms with van der Waals surface area (Å²) in [5.41, 5.74) is 2.40. The molecule has 1 fully saturated rings. The third kappa shape index (κ3) is 3.02. The van der Waals surface area contributed by atoms with Crippen LogP contribution in [0.1, 0.15) is 36.6 Å². The van der Waals surface area contributed by atoms with E-state index in [0.29, 0.717) is 6.04 Å². The van der Waals surface area contributed by atoms with Crippen molar-refractivity contribution in [2.75, 3.05) is 19.6 Å². The van der Waals surface area contributed by atoms with Gasteiger partial charge in [-0.2, -0.15) is 5.10 Å². The lowest BCUT2D eigenvalue weighted by Crippen LogP contribution is -2.26. The van der Waals surface area contributed by atoms with E-state index in [1.807, 2.05) is 6.20 Å². The highest BCUT2D eigenvalue weighted by molar-refractivity contribution is 5.08. The van der Waals surface area contributed by atoms with Crippen LogP contribution >= 0.6 is 0 Å². The van der Waals surface area contributed by atoms with E-state index in [1.165, 1.54) is 24.5 Å². The van der Waals surface area contributed by atoms with Crippen LogP contribution in [-0.4, -0.2) is 43.9 Å². The minimum Gasteiger partial charge on any atom is -0.334 e. The van der Waals surface area contributed by atoms with E-state index in [0.717, 1.165) is 31.7 Å². The molecule has 5 nitrogen and oxygen atoms in total. The minimum atomic E-state index is 0.534. The lowest BCUT2D eigenvalue weighted by atomic mass is 10.2. The van der Waals surface area contributed by atoms with Gasteiger partial charge in [-0.05, 0) is 26.3 Å². The molecule has 114 valence electrons. The molecule has 2 aromatic heterocycles. The van der Waals surface area contributed by atoms with Crippen molar-refractivity contribution < 1.29 is 0 Å². The van der Waals surface area contributed by atoms with Gasteiger partial charge in [-0.25, -0.2) is 4.98 Å². The lowest BCUT2D eigenvalue weighted by Gasteiger charge is -2.18. The molecule has 0 radical (unpaired) electrons. The third-order valence-corrected chi connectivity index (χ3v) is 4.41. The van der Waals surface area contributed by atoms with Gasteiger partial charge in [0.2, 0.25) is 0 Å². The van der Waals surface area contributed by atoms with Gasteiger partial charge in [-0.15, -0.1) is 0 Å². The first-order valence-electron chi connectivity index (χ1n) is 7.92. The van der Waals surface area contributed by atoms with E-state index in [9.17, 15) is 0 Å². The number of nitrogens with zero attached hydrogens (tertiary/aromatic N) is 5. The second-order valence-corrected chi connectivity index (χ2v) is 6.01. The molecule has 21 heavy (non-hydrogen) atoms. The number of imidazole rings is 1. The smallest absolute Gasteiger partial charge is 0.108 e. The van der Waals surface area contributed by atoms with Crippen molar-refractivity contribution in [1.29, 1.82) is 0 Å². The number of aromatic nitrogens is 4. The Bertz CT molecular complexity index is 598. The van der Waals surface area contributed by atoms with Gasteiger partial charge in [0.25, 0.3) is 0 Å². The Labute approximate surface area is 126 Å². The first-order valence-corrected chi connectivity index (χ1v) is 7.92. The number of hydrogen-bond donors (Lipinski definition) is 0. The Morgan fingerprint density at radius 2 is 2.14 bits per heavy atom. The van der Waals surface area contributed by atoms with Crippen molar-refractivity contribution in [1.82, 2.24) is 24.2 Å². The lowest BCUT2D eigenvalue weighted by molar-refractivity contribution is 0.303. The molecular formula is C16H25N5. The quantitative estimate of drug-likeness (QED) is 0.846. The molecule has 1 aliphatic rings. The maximum absolute atomic E-state index is 4.64. The molecule has 1 atom stereocenters. The fourth-order valence-electron chi connectivity index (χ4n) is 3.34. The average molecular weight is 287 g/mol. The molecule has 0 N–H and O–H groups in total. The van der Waals surface area contributed by atoms with Gasteiger partial charge in [0.15, 0.2) is 0 Å². The molecule has 0 spiro atoms. The molecular weight excluding hydrogens is 262 g/mol. The zero-order valence-electron chi connectivity index (χ0n) is 13.3. The maximum atomic E-state index is 4.64. The second kappa shape index (κ2) is 6.02. The Balaban J connectivity index is 1.56. The van der Waals surface area contributed by atoms with Gasteiger partial charge in [-0.1, -0.05) is 6.92 Å². The summed E-state index contributed by atoms with van der Waals surface area (Å²) < 4.78 is 4.49. The van der Waals surface area contributed by atoms with E-state index in [4.69, 9.17) is 0 Å². The first-order chi connectivity index (χ1) is 10.2. The molecule has 1 aliphatic heterocycles. The van der Waals surface area contributed by atoms with Gasteiger partial charge in [0, 0.05) is 50.7 Å². The second-order valence-electron chi connectivity index (χ2n) is 6.01. The van der Waals surface area contributed by atoms with Gasteiger partial charge >= 0.3 is 0 Å². The standard InChI is InChI=1S/C16H25N5/c1-4-16-17-6-8-20(16)10-9-19-7-5-15(12-19)21-14(3)11-13(2)18-21/h6,8,11,15H,4-5,7,9-10,12H2,1-3H3. The summed E-state index contributed by atoms with van der Waals surface area (Å²) in [5, 5.41) is 4.64. The van der Waals surface area contributed by atoms with Crippen molar-refractivity contribution >= 4 is 0 Å². The van der Waals surface area contributed by atoms with Crippen molar-refractivity contribution in [3.8, 4) is 0 Å². The predicted octanol–water partition coefficient (Wildman–Crippen LogP) is 2.21. The summed E-state index contributed by atoms with van der Waals surface area (Å²) in [4.78, 5) is 6.93. The molecule has 0 saturated carbocycles. The van der Waals surface area contributed by atoms with E-state index < -0.39 is 0 Å². The van der Waals surface area contributed by atoms with Crippen molar-refractivity contribution in [3.05, 3.63) is 35.7 Å². The maximum Gasteiger partial charge on any atom is 0.108 e. The monoisotopic (exact) mass is 287 g/mol. The molecule has 0 aromatic carbocycles. The first kappa shape index (κ1) is 14.3. The topological polar surface area (TPSA) is 38.9 Å². The largest absolute Gasteiger partial charge is 0.334 e. The van der Waals surface area contributed by atoms with Crippen LogP contribution in [0.25, 0.3) is 0 Å². The highest BCUT2D eigenvalue weighted by Gasteiger charge is 2.25. The molecule has 0 aliphatic carbocycles. The minimum absolute atomic E-state index is 0.534. The number of hydrogen-bond acceptors (Lipinski definition) is 3. The molecule has 0 bridgehead atoms. The van der Waals surface area contributed by atoms with Crippen molar-refractivity contribution in [3.63, 3.8) is 0 Å². The van der Waals surface area contributed by atoms with Crippen LogP contribution in [0.5, 0.6) is 0 Å². The fraction of sp³-hybridized carbons (Fsp3) is 0.625. The third-order valence-electron chi connectivity index (χ3n) is 4.41. The Hall–Kier alpha value is -1.62. The van der Waals surface area contributed by atoms with E-state index in [-0.39, 0.29) is 0 Å². The molecule has 3 heterocycles. The molecule has 5 heteroatoms. The summed E-state index contributed by atoms with van der Waals surface area (Å²) in [6.45, 7) is 10.8. The van der Waals surface area contributed by atoms with Crippen LogP contribution in [0, 0.1) is 13.8 Å². The highest BCUT2D eigenvalue weighted by Crippen LogP contribution is 2.22. The van der Waals surface area contributed by atoms with Crippen LogP contribution in [0.4, 0.5) is 0 Å². The zero-order valence-corrected chi connectivity index (χ0v) is 13.3. The molecule has 2 aromatic rings. The van der Waals surface area contributed by atoms with Gasteiger partial charge in [0.05, 0.1) is 11.7 Å². The van der Waals surface area contributed by atoms with Gasteiger partial charge < -0.3 is 4.57 Å². The summed E-state index contributed by atoms with van der Waals surface area (Å²) in [6.07, 6.45) is 6.20. The fourth-order valence-corrected chi connectivity index (χ4v) is 3.34. The molecule has 0 amide bonds. The highest BCUT2D eigenvalue weighted by atomic mass is 15.3. The Morgan fingerprint density at radius 3 is 2.86 bits per heavy atom. The molecule has 3 rings (SSSR count). The number of likely N-dealkylation sites (tertiary alicyclic amines) is 1. The van der Waals surface area contributed by atoms with Crippen molar-refractivity contribution in [2.24, 2.45) is 0 Å². The Kier molecular flexibility index (Phi) is 4.10. The Morgan fingerprint density at radius 1 is 1.29 bits per heavy atom. The normalized spacial score (nSPS) is 19.5. The van der Waals surface area contributed by atoms with Crippen LogP contribution in [-0.2, 0) is 13.0 Å². The summed E-state index contributed by atoms with van der Waals surface area (Å²) in [7, 11) is 0.